The van der Waals surface area contributed by atoms with Crippen LogP contribution in [0.4, 0.5) is 0 Å². The van der Waals surface area contributed by atoms with Crippen molar-refractivity contribution in [1.82, 2.24) is 5.32 Å². The fraction of sp³-hybridized carbons (Fsp3) is 0.375. The van der Waals surface area contributed by atoms with Gasteiger partial charge in [-0.3, -0.25) is 9.59 Å². The standard InChI is InChI=1S/C16H21NO5/c1-5-6-11-7-12(8-13(21-3)14(11)22-4)15(18)17-9-10(2)16(19)20/h5,7-8,10H,1,6,9H2,2-4H3,(H,17,18)(H,19,20). The van der Waals surface area contributed by atoms with Gasteiger partial charge in [-0.15, -0.1) is 6.58 Å². The van der Waals surface area contributed by atoms with Crippen molar-refractivity contribution in [2.24, 2.45) is 5.92 Å². The number of hydrogen-bond acceptors (Lipinski definition) is 4. The van der Waals surface area contributed by atoms with Crippen LogP contribution in [0.15, 0.2) is 24.8 Å². The molecule has 0 aliphatic carbocycles. The fourth-order valence-electron chi connectivity index (χ4n) is 1.92. The average Bonchev–Trinajstić information content (AvgIpc) is 2.51. The molecule has 0 radical (unpaired) electrons. The summed E-state index contributed by atoms with van der Waals surface area (Å²) in [5, 5.41) is 11.4. The Hall–Kier alpha value is -2.50. The molecule has 1 unspecified atom stereocenters. The van der Waals surface area contributed by atoms with Crippen LogP contribution in [0.2, 0.25) is 0 Å². The van der Waals surface area contributed by atoms with Crippen molar-refractivity contribution >= 4 is 11.9 Å². The summed E-state index contributed by atoms with van der Waals surface area (Å²) in [5.74, 6) is -0.979. The Kier molecular flexibility index (Phi) is 6.44. The molecule has 120 valence electrons. The second kappa shape index (κ2) is 8.07. The number of carboxylic acids is 1. The average molecular weight is 307 g/mol. The Labute approximate surface area is 129 Å². The highest BCUT2D eigenvalue weighted by atomic mass is 16.5. The van der Waals surface area contributed by atoms with Crippen molar-refractivity contribution in [2.75, 3.05) is 20.8 Å². The second-order valence-electron chi connectivity index (χ2n) is 4.81. The fourth-order valence-corrected chi connectivity index (χ4v) is 1.92. The zero-order chi connectivity index (χ0) is 16.7. The van der Waals surface area contributed by atoms with Gasteiger partial charge in [-0.2, -0.15) is 0 Å². The van der Waals surface area contributed by atoms with Gasteiger partial charge in [-0.1, -0.05) is 13.0 Å². The lowest BCUT2D eigenvalue weighted by Gasteiger charge is -2.15. The first-order valence-corrected chi connectivity index (χ1v) is 6.81. The smallest absolute Gasteiger partial charge is 0.308 e. The van der Waals surface area contributed by atoms with Crippen LogP contribution in [-0.2, 0) is 11.2 Å². The first-order valence-electron chi connectivity index (χ1n) is 6.81. The molecule has 1 atom stereocenters. The largest absolute Gasteiger partial charge is 0.493 e. The highest BCUT2D eigenvalue weighted by Crippen LogP contribution is 2.33. The van der Waals surface area contributed by atoms with E-state index in [1.807, 2.05) is 0 Å². The molecule has 0 fully saturated rings. The van der Waals surface area contributed by atoms with Gasteiger partial charge in [0, 0.05) is 17.7 Å². The lowest BCUT2D eigenvalue weighted by Crippen LogP contribution is -2.31. The molecule has 1 amide bonds. The third kappa shape index (κ3) is 4.25. The molecule has 2 N–H and O–H groups in total. The summed E-state index contributed by atoms with van der Waals surface area (Å²) in [6, 6.07) is 3.25. The summed E-state index contributed by atoms with van der Waals surface area (Å²) in [6.07, 6.45) is 2.22. The number of aliphatic carboxylic acids is 1. The van der Waals surface area contributed by atoms with Gasteiger partial charge in [0.25, 0.3) is 5.91 Å². The molecule has 0 heterocycles. The first-order chi connectivity index (χ1) is 10.4. The van der Waals surface area contributed by atoms with Crippen LogP contribution in [-0.4, -0.2) is 37.7 Å². The Morgan fingerprint density at radius 1 is 1.36 bits per heavy atom. The third-order valence-corrected chi connectivity index (χ3v) is 3.17. The number of carbonyl (C=O) groups is 2. The van der Waals surface area contributed by atoms with Gasteiger partial charge in [0.05, 0.1) is 20.1 Å². The molecular weight excluding hydrogens is 286 g/mol. The molecule has 6 nitrogen and oxygen atoms in total. The SMILES string of the molecule is C=CCc1cc(C(=O)NCC(C)C(=O)O)cc(OC)c1OC. The summed E-state index contributed by atoms with van der Waals surface area (Å²) < 4.78 is 10.5. The topological polar surface area (TPSA) is 84.9 Å². The molecule has 0 aliphatic rings. The van der Waals surface area contributed by atoms with E-state index in [-0.39, 0.29) is 12.5 Å². The second-order valence-corrected chi connectivity index (χ2v) is 4.81. The summed E-state index contributed by atoms with van der Waals surface area (Å²) in [5.41, 5.74) is 1.15. The Morgan fingerprint density at radius 2 is 2.05 bits per heavy atom. The zero-order valence-corrected chi connectivity index (χ0v) is 13.0. The number of amides is 1. The van der Waals surface area contributed by atoms with E-state index in [1.165, 1.54) is 21.1 Å². The molecule has 1 aromatic carbocycles. The van der Waals surface area contributed by atoms with Gasteiger partial charge in [-0.25, -0.2) is 0 Å². The molecule has 0 aromatic heterocycles. The van der Waals surface area contributed by atoms with E-state index in [2.05, 4.69) is 11.9 Å². The van der Waals surface area contributed by atoms with Gasteiger partial charge in [0.15, 0.2) is 11.5 Å². The number of carbonyl (C=O) groups excluding carboxylic acids is 1. The van der Waals surface area contributed by atoms with Crippen molar-refractivity contribution in [2.45, 2.75) is 13.3 Å². The summed E-state index contributed by atoms with van der Waals surface area (Å²) in [4.78, 5) is 22.9. The molecule has 0 saturated heterocycles. The molecule has 0 aliphatic heterocycles. The molecular formula is C16H21NO5. The number of hydrogen-bond donors (Lipinski definition) is 2. The van der Waals surface area contributed by atoms with E-state index in [9.17, 15) is 9.59 Å². The van der Waals surface area contributed by atoms with Crippen LogP contribution >= 0.6 is 0 Å². The maximum absolute atomic E-state index is 12.2. The number of allylic oxidation sites excluding steroid dienone is 1. The van der Waals surface area contributed by atoms with Gasteiger partial charge in [-0.05, 0) is 18.6 Å². The molecule has 1 aromatic rings. The van der Waals surface area contributed by atoms with Gasteiger partial charge in [0.2, 0.25) is 0 Å². The number of methoxy groups -OCH3 is 2. The van der Waals surface area contributed by atoms with Crippen molar-refractivity contribution < 1.29 is 24.2 Å². The normalized spacial score (nSPS) is 11.4. The summed E-state index contributed by atoms with van der Waals surface area (Å²) in [7, 11) is 3.02. The summed E-state index contributed by atoms with van der Waals surface area (Å²) in [6.45, 7) is 5.26. The predicted octanol–water partition coefficient (Wildman–Crippen LogP) is 1.88. The third-order valence-electron chi connectivity index (χ3n) is 3.17. The van der Waals surface area contributed by atoms with Gasteiger partial charge >= 0.3 is 5.97 Å². The van der Waals surface area contributed by atoms with E-state index in [0.717, 1.165) is 5.56 Å². The maximum Gasteiger partial charge on any atom is 0.308 e. The Bertz CT molecular complexity index is 568. The van der Waals surface area contributed by atoms with Crippen molar-refractivity contribution in [3.8, 4) is 11.5 Å². The van der Waals surface area contributed by atoms with Crippen molar-refractivity contribution in [3.63, 3.8) is 0 Å². The van der Waals surface area contributed by atoms with Crippen molar-refractivity contribution in [1.29, 1.82) is 0 Å². The zero-order valence-electron chi connectivity index (χ0n) is 13.0. The van der Waals surface area contributed by atoms with E-state index in [1.54, 1.807) is 18.2 Å². The van der Waals surface area contributed by atoms with Crippen LogP contribution in [0.5, 0.6) is 11.5 Å². The number of benzene rings is 1. The minimum absolute atomic E-state index is 0.0549. The van der Waals surface area contributed by atoms with Crippen molar-refractivity contribution in [3.05, 3.63) is 35.9 Å². The van der Waals surface area contributed by atoms with E-state index < -0.39 is 11.9 Å². The number of rotatable bonds is 8. The highest BCUT2D eigenvalue weighted by Gasteiger charge is 2.17. The number of nitrogens with one attached hydrogen (secondary N) is 1. The van der Waals surface area contributed by atoms with Crippen LogP contribution < -0.4 is 14.8 Å². The summed E-state index contributed by atoms with van der Waals surface area (Å²) >= 11 is 0. The molecule has 22 heavy (non-hydrogen) atoms. The van der Waals surface area contributed by atoms with Crippen LogP contribution in [0.3, 0.4) is 0 Å². The Balaban J connectivity index is 3.03. The molecule has 0 bridgehead atoms. The molecule has 1 rings (SSSR count). The quantitative estimate of drug-likeness (QED) is 0.716. The highest BCUT2D eigenvalue weighted by molar-refractivity contribution is 5.95. The molecule has 6 heteroatoms. The van der Waals surface area contributed by atoms with Gasteiger partial charge in [0.1, 0.15) is 0 Å². The monoisotopic (exact) mass is 307 g/mol. The van der Waals surface area contributed by atoms with E-state index >= 15 is 0 Å². The van der Waals surface area contributed by atoms with Crippen LogP contribution in [0, 0.1) is 5.92 Å². The lowest BCUT2D eigenvalue weighted by atomic mass is 10.0. The maximum atomic E-state index is 12.2. The van der Waals surface area contributed by atoms with Gasteiger partial charge < -0.3 is 19.9 Å². The van der Waals surface area contributed by atoms with Crippen LogP contribution in [0.1, 0.15) is 22.8 Å². The molecule has 0 spiro atoms. The number of ether oxygens (including phenoxy) is 2. The first kappa shape index (κ1) is 17.6. The number of carboxylic acid groups (broad SMARTS) is 1. The Morgan fingerprint density at radius 3 is 2.55 bits per heavy atom. The molecule has 0 saturated carbocycles. The van der Waals surface area contributed by atoms with Crippen LogP contribution in [0.25, 0.3) is 0 Å². The minimum atomic E-state index is -0.958. The minimum Gasteiger partial charge on any atom is -0.493 e. The predicted molar refractivity (Wildman–Crippen MR) is 82.6 cm³/mol. The lowest BCUT2D eigenvalue weighted by molar-refractivity contribution is -0.140. The van der Waals surface area contributed by atoms with E-state index in [0.29, 0.717) is 23.5 Å². The van der Waals surface area contributed by atoms with E-state index in [4.69, 9.17) is 14.6 Å².